The third kappa shape index (κ3) is 5.19. The predicted molar refractivity (Wildman–Crippen MR) is 108 cm³/mol. The molecule has 1 aliphatic carbocycles. The third-order valence-electron chi connectivity index (χ3n) is 6.53. The summed E-state index contributed by atoms with van der Waals surface area (Å²) in [5, 5.41) is 70.5. The van der Waals surface area contributed by atoms with Crippen molar-refractivity contribution in [2.24, 2.45) is 17.8 Å². The lowest BCUT2D eigenvalue weighted by Crippen LogP contribution is -2.59. The highest BCUT2D eigenvalue weighted by Crippen LogP contribution is 2.49. The fourth-order valence-electron chi connectivity index (χ4n) is 4.64. The van der Waals surface area contributed by atoms with Gasteiger partial charge in [-0.15, -0.1) is 0 Å². The lowest BCUT2D eigenvalue weighted by Gasteiger charge is -2.41. The Morgan fingerprint density at radius 1 is 1.15 bits per heavy atom. The molecular weight excluding hydrogens is 444 g/mol. The molecule has 1 saturated carbocycles. The number of aliphatic hydroxyl groups excluding tert-OH is 6. The van der Waals surface area contributed by atoms with E-state index in [-0.39, 0.29) is 25.4 Å². The molecule has 3 rings (SSSR count). The highest BCUT2D eigenvalue weighted by Gasteiger charge is 2.60. The first kappa shape index (κ1) is 26.3. The van der Waals surface area contributed by atoms with Gasteiger partial charge in [-0.25, -0.2) is 0 Å². The molecule has 0 radical (unpaired) electrons. The van der Waals surface area contributed by atoms with E-state index in [0.717, 1.165) is 0 Å². The zero-order chi connectivity index (χ0) is 24.5. The number of carbonyl (C=O) groups excluding carboxylic acids is 1. The van der Waals surface area contributed by atoms with Crippen LogP contribution in [-0.4, -0.2) is 110 Å². The first-order valence-corrected chi connectivity index (χ1v) is 11.0. The van der Waals surface area contributed by atoms with Crippen LogP contribution < -0.4 is 0 Å². The van der Waals surface area contributed by atoms with E-state index < -0.39 is 79.7 Å². The quantitative estimate of drug-likeness (QED) is 0.179. The van der Waals surface area contributed by atoms with Gasteiger partial charge < -0.3 is 54.7 Å². The normalized spacial score (nSPS) is 43.1. The van der Waals surface area contributed by atoms with Crippen molar-refractivity contribution in [3.8, 4) is 0 Å². The Balaban J connectivity index is 1.75. The van der Waals surface area contributed by atoms with Gasteiger partial charge in [-0.05, 0) is 17.9 Å². The van der Waals surface area contributed by atoms with Gasteiger partial charge in [0.15, 0.2) is 6.29 Å². The van der Waals surface area contributed by atoms with Crippen molar-refractivity contribution in [1.82, 2.24) is 0 Å². The molecule has 1 saturated heterocycles. The molecule has 12 nitrogen and oxygen atoms in total. The smallest absolute Gasteiger partial charge is 0.309 e. The van der Waals surface area contributed by atoms with Crippen LogP contribution >= 0.6 is 0 Å². The van der Waals surface area contributed by atoms with Gasteiger partial charge in [-0.2, -0.15) is 0 Å². The molecule has 2 heterocycles. The highest BCUT2D eigenvalue weighted by atomic mass is 16.7. The number of esters is 1. The lowest BCUT2D eigenvalue weighted by atomic mass is 9.80. The van der Waals surface area contributed by atoms with Gasteiger partial charge in [0.05, 0.1) is 38.1 Å². The maximum Gasteiger partial charge on any atom is 0.309 e. The van der Waals surface area contributed by atoms with Crippen molar-refractivity contribution in [3.63, 3.8) is 0 Å². The molecule has 0 aromatic carbocycles. The van der Waals surface area contributed by atoms with Crippen LogP contribution in [0.4, 0.5) is 0 Å². The Morgan fingerprint density at radius 3 is 2.45 bits per heavy atom. The van der Waals surface area contributed by atoms with E-state index in [1.54, 1.807) is 0 Å². The Bertz CT molecular complexity index is 711. The lowest BCUT2D eigenvalue weighted by molar-refractivity contribution is -0.299. The standard InChI is InChI=1S/C21H34O12/c1-9(2)3-14(25)33-19-15-11(4-13(24)21(15,29)8-23)10(6-30-19)7-31-20-18(28)17(27)16(26)12(5-22)32-20/h6,9,11-13,15-20,22-24,26-29H,3-5,7-8H2,1-2H3/t11-,12+,13-,15-,16+,17+,18-,19-,20+,21+/m0/s1. The average molecular weight is 478 g/mol. The summed E-state index contributed by atoms with van der Waals surface area (Å²) in [5.41, 5.74) is -1.56. The maximum atomic E-state index is 12.2. The number of rotatable bonds is 8. The molecule has 190 valence electrons. The Labute approximate surface area is 191 Å². The molecule has 3 aliphatic rings. The van der Waals surface area contributed by atoms with Crippen LogP contribution in [0.1, 0.15) is 26.7 Å². The topological polar surface area (TPSA) is 196 Å². The van der Waals surface area contributed by atoms with Crippen molar-refractivity contribution in [2.45, 2.75) is 75.4 Å². The summed E-state index contributed by atoms with van der Waals surface area (Å²) in [4.78, 5) is 12.2. The summed E-state index contributed by atoms with van der Waals surface area (Å²) >= 11 is 0. The van der Waals surface area contributed by atoms with Gasteiger partial charge in [0.2, 0.25) is 6.29 Å². The second-order valence-electron chi connectivity index (χ2n) is 9.33. The van der Waals surface area contributed by atoms with E-state index in [4.69, 9.17) is 18.9 Å². The number of aliphatic hydroxyl groups is 7. The largest absolute Gasteiger partial charge is 0.462 e. The summed E-state index contributed by atoms with van der Waals surface area (Å²) < 4.78 is 21.8. The summed E-state index contributed by atoms with van der Waals surface area (Å²) in [5.74, 6) is -2.12. The molecule has 33 heavy (non-hydrogen) atoms. The SMILES string of the molecule is CC(C)CC(=O)O[C@@H]1OC=C(CO[C@@H]2O[C@H](CO)[C@@H](O)[C@@H](O)[C@@H]2O)[C@@H]2C[C@H](O)[C@](O)(CO)[C@H]12. The van der Waals surface area contributed by atoms with E-state index in [2.05, 4.69) is 0 Å². The first-order chi connectivity index (χ1) is 15.5. The number of fused-ring (bicyclic) bond motifs is 1. The predicted octanol–water partition coefficient (Wildman–Crippen LogP) is -2.65. The zero-order valence-electron chi connectivity index (χ0n) is 18.6. The summed E-state index contributed by atoms with van der Waals surface area (Å²) in [7, 11) is 0. The van der Waals surface area contributed by atoms with Crippen LogP contribution in [0.2, 0.25) is 0 Å². The molecular formula is C21H34O12. The van der Waals surface area contributed by atoms with Crippen LogP contribution in [0.5, 0.6) is 0 Å². The van der Waals surface area contributed by atoms with E-state index in [1.807, 2.05) is 13.8 Å². The minimum atomic E-state index is -1.99. The molecule has 2 aliphatic heterocycles. The molecule has 0 bridgehead atoms. The molecule has 0 aromatic rings. The van der Waals surface area contributed by atoms with Crippen molar-refractivity contribution in [1.29, 1.82) is 0 Å². The monoisotopic (exact) mass is 478 g/mol. The molecule has 2 fully saturated rings. The first-order valence-electron chi connectivity index (χ1n) is 11.0. The van der Waals surface area contributed by atoms with E-state index in [1.165, 1.54) is 6.26 Å². The molecule has 0 amide bonds. The Kier molecular flexibility index (Phi) is 8.36. The molecule has 0 unspecified atom stereocenters. The van der Waals surface area contributed by atoms with E-state index >= 15 is 0 Å². The summed E-state index contributed by atoms with van der Waals surface area (Å²) in [6, 6.07) is 0. The number of carbonyl (C=O) groups is 1. The van der Waals surface area contributed by atoms with Crippen LogP contribution in [0.25, 0.3) is 0 Å². The maximum absolute atomic E-state index is 12.2. The van der Waals surface area contributed by atoms with Crippen molar-refractivity contribution >= 4 is 5.97 Å². The van der Waals surface area contributed by atoms with Crippen molar-refractivity contribution in [3.05, 3.63) is 11.8 Å². The van der Waals surface area contributed by atoms with Crippen LogP contribution in [0.15, 0.2) is 11.8 Å². The second-order valence-corrected chi connectivity index (χ2v) is 9.33. The third-order valence-corrected chi connectivity index (χ3v) is 6.53. The highest BCUT2D eigenvalue weighted by molar-refractivity contribution is 5.69. The van der Waals surface area contributed by atoms with Gasteiger partial charge in [0, 0.05) is 12.3 Å². The van der Waals surface area contributed by atoms with Gasteiger partial charge in [0.25, 0.3) is 0 Å². The van der Waals surface area contributed by atoms with Crippen molar-refractivity contribution in [2.75, 3.05) is 19.8 Å². The van der Waals surface area contributed by atoms with Gasteiger partial charge >= 0.3 is 5.97 Å². The number of hydrogen-bond donors (Lipinski definition) is 7. The van der Waals surface area contributed by atoms with Crippen molar-refractivity contribution < 1.29 is 59.5 Å². The van der Waals surface area contributed by atoms with Crippen LogP contribution in [0, 0.1) is 17.8 Å². The number of ether oxygens (including phenoxy) is 4. The number of hydrogen-bond acceptors (Lipinski definition) is 12. The van der Waals surface area contributed by atoms with Gasteiger partial charge in [-0.1, -0.05) is 13.8 Å². The minimum absolute atomic E-state index is 0.0210. The zero-order valence-corrected chi connectivity index (χ0v) is 18.6. The van der Waals surface area contributed by atoms with Crippen LogP contribution in [0.3, 0.4) is 0 Å². The summed E-state index contributed by atoms with van der Waals surface area (Å²) in [6.07, 6.45) is -8.43. The Hall–Kier alpha value is -1.35. The fourth-order valence-corrected chi connectivity index (χ4v) is 4.64. The molecule has 0 spiro atoms. The minimum Gasteiger partial charge on any atom is -0.462 e. The van der Waals surface area contributed by atoms with Gasteiger partial charge in [0.1, 0.15) is 30.0 Å². The average Bonchev–Trinajstić information content (AvgIpc) is 3.03. The van der Waals surface area contributed by atoms with E-state index in [9.17, 15) is 40.5 Å². The second kappa shape index (κ2) is 10.5. The Morgan fingerprint density at radius 2 is 1.85 bits per heavy atom. The van der Waals surface area contributed by atoms with E-state index in [0.29, 0.717) is 5.57 Å². The molecule has 10 atom stereocenters. The molecule has 7 N–H and O–H groups in total. The molecule has 0 aromatic heterocycles. The fraction of sp³-hybridized carbons (Fsp3) is 0.857. The van der Waals surface area contributed by atoms with Gasteiger partial charge in [-0.3, -0.25) is 4.79 Å². The summed E-state index contributed by atoms with van der Waals surface area (Å²) in [6.45, 7) is 2.04. The van der Waals surface area contributed by atoms with Crippen LogP contribution in [-0.2, 0) is 23.7 Å². The molecule has 12 heteroatoms.